The summed E-state index contributed by atoms with van der Waals surface area (Å²) >= 11 is 0. The van der Waals surface area contributed by atoms with Crippen LogP contribution in [0.2, 0.25) is 0 Å². The maximum atomic E-state index is 12.1. The van der Waals surface area contributed by atoms with Crippen molar-refractivity contribution < 1.29 is 13.6 Å². The van der Waals surface area contributed by atoms with Gasteiger partial charge in [-0.2, -0.15) is 5.26 Å². The number of nitriles is 1. The third-order valence-corrected chi connectivity index (χ3v) is 4.16. The number of hydrogen-bond acceptors (Lipinski definition) is 4. The second-order valence-corrected chi connectivity index (χ2v) is 5.69. The van der Waals surface area contributed by atoms with Crippen LogP contribution in [0.3, 0.4) is 0 Å². The van der Waals surface area contributed by atoms with Crippen LogP contribution in [0.5, 0.6) is 0 Å². The van der Waals surface area contributed by atoms with Crippen molar-refractivity contribution in [3.63, 3.8) is 0 Å². The van der Waals surface area contributed by atoms with Crippen molar-refractivity contribution in [3.8, 4) is 6.07 Å². The van der Waals surface area contributed by atoms with Crippen LogP contribution < -0.4 is 0 Å². The molecule has 0 N–H and O–H groups in total. The van der Waals surface area contributed by atoms with Gasteiger partial charge in [0.15, 0.2) is 6.10 Å². The minimum Gasteiger partial charge on any atom is -0.309 e. The van der Waals surface area contributed by atoms with Gasteiger partial charge in [0.25, 0.3) is 0 Å². The number of rotatable bonds is 6. The molecule has 0 saturated carbocycles. The quantitative estimate of drug-likeness (QED) is 0.728. The highest BCUT2D eigenvalue weighted by Crippen LogP contribution is 2.51. The lowest BCUT2D eigenvalue weighted by atomic mass is 10.1. The van der Waals surface area contributed by atoms with E-state index in [0.717, 1.165) is 0 Å². The van der Waals surface area contributed by atoms with Crippen LogP contribution in [-0.2, 0) is 13.6 Å². The molecule has 0 radical (unpaired) electrons. The lowest BCUT2D eigenvalue weighted by molar-refractivity contribution is 0.184. The monoisotopic (exact) mass is 253 g/mol. The van der Waals surface area contributed by atoms with Crippen molar-refractivity contribution in [2.45, 2.75) is 20.0 Å². The van der Waals surface area contributed by atoms with Crippen molar-refractivity contribution >= 4 is 7.60 Å². The fourth-order valence-corrected chi connectivity index (χ4v) is 2.62. The van der Waals surface area contributed by atoms with Gasteiger partial charge < -0.3 is 4.52 Å². The van der Waals surface area contributed by atoms with E-state index >= 15 is 0 Å². The first-order valence-corrected chi connectivity index (χ1v) is 7.24. The van der Waals surface area contributed by atoms with E-state index < -0.39 is 13.7 Å². The zero-order chi connectivity index (χ0) is 12.7. The van der Waals surface area contributed by atoms with E-state index in [1.54, 1.807) is 38.1 Å². The molecule has 0 fully saturated rings. The molecule has 0 heterocycles. The van der Waals surface area contributed by atoms with Crippen LogP contribution in [0.4, 0.5) is 0 Å². The Morgan fingerprint density at radius 3 is 2.47 bits per heavy atom. The van der Waals surface area contributed by atoms with Gasteiger partial charge in [0, 0.05) is 6.16 Å². The molecule has 0 aliphatic carbocycles. The molecule has 1 rings (SSSR count). The Balaban J connectivity index is 2.84. The predicted octanol–water partition coefficient (Wildman–Crippen LogP) is 3.52. The van der Waals surface area contributed by atoms with Crippen LogP contribution in [0.25, 0.3) is 0 Å². The van der Waals surface area contributed by atoms with E-state index in [1.165, 1.54) is 0 Å². The van der Waals surface area contributed by atoms with Gasteiger partial charge in [0.1, 0.15) is 0 Å². The summed E-state index contributed by atoms with van der Waals surface area (Å²) < 4.78 is 22.6. The van der Waals surface area contributed by atoms with Gasteiger partial charge in [-0.25, -0.2) is 0 Å². The van der Waals surface area contributed by atoms with Gasteiger partial charge in [-0.05, 0) is 12.5 Å². The molecular weight excluding hydrogens is 237 g/mol. The van der Waals surface area contributed by atoms with E-state index in [1.807, 2.05) is 12.1 Å². The first kappa shape index (κ1) is 13.9. The third kappa shape index (κ3) is 3.98. The number of nitrogens with zero attached hydrogens (tertiary/aromatic N) is 1. The molecule has 17 heavy (non-hydrogen) atoms. The molecular formula is C12H16NO3P. The fourth-order valence-electron chi connectivity index (χ4n) is 1.34. The summed E-state index contributed by atoms with van der Waals surface area (Å²) in [6, 6.07) is 11.0. The van der Waals surface area contributed by atoms with Crippen molar-refractivity contribution in [1.82, 2.24) is 0 Å². The van der Waals surface area contributed by atoms with Crippen LogP contribution >= 0.6 is 7.60 Å². The minimum atomic E-state index is -3.16. The average Bonchev–Trinajstić information content (AvgIpc) is 2.37. The van der Waals surface area contributed by atoms with E-state index in [-0.39, 0.29) is 6.16 Å². The zero-order valence-corrected chi connectivity index (χ0v) is 10.9. The largest absolute Gasteiger partial charge is 0.331 e. The molecule has 0 aromatic heterocycles. The molecule has 0 amide bonds. The Kier molecular flexibility index (Phi) is 5.37. The van der Waals surface area contributed by atoms with Gasteiger partial charge in [0.05, 0.1) is 12.7 Å². The molecule has 0 saturated heterocycles. The van der Waals surface area contributed by atoms with Crippen LogP contribution in [0.15, 0.2) is 30.3 Å². The van der Waals surface area contributed by atoms with Crippen LogP contribution in [0, 0.1) is 11.3 Å². The highest BCUT2D eigenvalue weighted by Gasteiger charge is 2.27. The first-order chi connectivity index (χ1) is 8.15. The highest BCUT2D eigenvalue weighted by molar-refractivity contribution is 7.53. The molecule has 0 bridgehead atoms. The summed E-state index contributed by atoms with van der Waals surface area (Å²) in [6.45, 7) is 3.77. The SMILES string of the molecule is CCOP(=O)(CC)OC(C#N)c1ccccc1. The molecule has 2 atom stereocenters. The van der Waals surface area contributed by atoms with Crippen LogP contribution in [-0.4, -0.2) is 12.8 Å². The number of benzene rings is 1. The lowest BCUT2D eigenvalue weighted by Gasteiger charge is -2.19. The van der Waals surface area contributed by atoms with Crippen molar-refractivity contribution in [3.05, 3.63) is 35.9 Å². The molecule has 5 heteroatoms. The Bertz CT molecular complexity index is 427. The molecule has 0 aliphatic rings. The molecule has 1 aromatic carbocycles. The molecule has 0 spiro atoms. The standard InChI is InChI=1S/C12H16NO3P/c1-3-15-17(14,4-2)16-12(10-13)11-8-6-5-7-9-11/h5-9,12H,3-4H2,1-2H3. The summed E-state index contributed by atoms with van der Waals surface area (Å²) in [5.41, 5.74) is 0.684. The Morgan fingerprint density at radius 1 is 1.35 bits per heavy atom. The van der Waals surface area contributed by atoms with E-state index in [2.05, 4.69) is 0 Å². The fraction of sp³-hybridized carbons (Fsp3) is 0.417. The van der Waals surface area contributed by atoms with E-state index in [9.17, 15) is 4.57 Å². The Labute approximate surface area is 102 Å². The molecule has 1 aromatic rings. The summed E-state index contributed by atoms with van der Waals surface area (Å²) in [4.78, 5) is 0. The zero-order valence-electron chi connectivity index (χ0n) is 10.00. The van der Waals surface area contributed by atoms with E-state index in [4.69, 9.17) is 14.3 Å². The third-order valence-electron chi connectivity index (χ3n) is 2.20. The Hall–Kier alpha value is -1.14. The van der Waals surface area contributed by atoms with Gasteiger partial charge in [-0.15, -0.1) is 0 Å². The molecule has 4 nitrogen and oxygen atoms in total. The maximum Gasteiger partial charge on any atom is 0.331 e. The van der Waals surface area contributed by atoms with Crippen molar-refractivity contribution in [2.24, 2.45) is 0 Å². The number of hydrogen-bond donors (Lipinski definition) is 0. The molecule has 0 aliphatic heterocycles. The lowest BCUT2D eigenvalue weighted by Crippen LogP contribution is -2.04. The topological polar surface area (TPSA) is 59.3 Å². The smallest absolute Gasteiger partial charge is 0.309 e. The molecule has 2 unspecified atom stereocenters. The van der Waals surface area contributed by atoms with Crippen molar-refractivity contribution in [2.75, 3.05) is 12.8 Å². The maximum absolute atomic E-state index is 12.1. The first-order valence-electron chi connectivity index (χ1n) is 5.51. The van der Waals surface area contributed by atoms with Crippen molar-refractivity contribution in [1.29, 1.82) is 5.26 Å². The average molecular weight is 253 g/mol. The second kappa shape index (κ2) is 6.56. The summed E-state index contributed by atoms with van der Waals surface area (Å²) in [6.07, 6.45) is -0.597. The van der Waals surface area contributed by atoms with Gasteiger partial charge in [-0.1, -0.05) is 37.3 Å². The summed E-state index contributed by atoms with van der Waals surface area (Å²) in [5, 5.41) is 9.05. The summed E-state index contributed by atoms with van der Waals surface area (Å²) in [7, 11) is -3.16. The van der Waals surface area contributed by atoms with E-state index in [0.29, 0.717) is 12.2 Å². The Morgan fingerprint density at radius 2 is 2.00 bits per heavy atom. The van der Waals surface area contributed by atoms with Gasteiger partial charge in [0.2, 0.25) is 0 Å². The second-order valence-electron chi connectivity index (χ2n) is 3.37. The van der Waals surface area contributed by atoms with Gasteiger partial charge >= 0.3 is 7.60 Å². The summed E-state index contributed by atoms with van der Waals surface area (Å²) in [5.74, 6) is 0. The predicted molar refractivity (Wildman–Crippen MR) is 65.7 cm³/mol. The van der Waals surface area contributed by atoms with Crippen LogP contribution in [0.1, 0.15) is 25.5 Å². The molecule has 92 valence electrons. The normalized spacial score (nSPS) is 15.8. The minimum absolute atomic E-state index is 0.256. The van der Waals surface area contributed by atoms with Gasteiger partial charge in [-0.3, -0.25) is 9.09 Å². The highest BCUT2D eigenvalue weighted by atomic mass is 31.2.